The van der Waals surface area contributed by atoms with Gasteiger partial charge in [0.15, 0.2) is 0 Å². The number of aliphatic hydroxyl groups excluding tert-OH is 1. The highest BCUT2D eigenvalue weighted by Crippen LogP contribution is 2.34. The maximum Gasteiger partial charge on any atom is 0.129 e. The third-order valence-corrected chi connectivity index (χ3v) is 3.04. The Bertz CT molecular complexity index is 423. The molecule has 1 aliphatic rings. The second-order valence-electron chi connectivity index (χ2n) is 4.59. The van der Waals surface area contributed by atoms with E-state index in [2.05, 4.69) is 0 Å². The minimum Gasteiger partial charge on any atom is -0.491 e. The first-order chi connectivity index (χ1) is 10.3. The highest BCUT2D eigenvalue weighted by atomic mass is 16.6. The van der Waals surface area contributed by atoms with Gasteiger partial charge in [-0.1, -0.05) is 0 Å². The molecule has 6 nitrogen and oxygen atoms in total. The van der Waals surface area contributed by atoms with Crippen molar-refractivity contribution in [1.82, 2.24) is 0 Å². The predicted molar refractivity (Wildman–Crippen MR) is 75.9 cm³/mol. The molecule has 6 heteroatoms. The molecule has 0 saturated carbocycles. The van der Waals surface area contributed by atoms with Crippen LogP contribution in [0.3, 0.4) is 0 Å². The molecule has 0 radical (unpaired) electrons. The molecule has 1 aromatic rings. The lowest BCUT2D eigenvalue weighted by Crippen LogP contribution is -2.12. The topological polar surface area (TPSA) is 66.4 Å². The Morgan fingerprint density at radius 2 is 1.81 bits per heavy atom. The van der Waals surface area contributed by atoms with Crippen molar-refractivity contribution >= 4 is 0 Å². The van der Waals surface area contributed by atoms with Gasteiger partial charge in [-0.2, -0.15) is 0 Å². The van der Waals surface area contributed by atoms with Gasteiger partial charge in [-0.05, 0) is 12.1 Å². The molecule has 1 heterocycles. The molecule has 0 aliphatic carbocycles. The highest BCUT2D eigenvalue weighted by Gasteiger charge is 2.21. The van der Waals surface area contributed by atoms with E-state index in [9.17, 15) is 5.11 Å². The number of rotatable bonds is 10. The number of fused-ring (bicyclic) bond motifs is 1. The van der Waals surface area contributed by atoms with Crippen LogP contribution in [0.1, 0.15) is 11.7 Å². The van der Waals surface area contributed by atoms with Crippen molar-refractivity contribution in [3.8, 4) is 11.5 Å². The number of ether oxygens (including phenoxy) is 5. The standard InChI is InChI=1S/C15H22O6/c1-17-4-5-18-6-7-19-8-9-20-12-2-3-13-14(16)11-21-15(13)10-12/h2-3,10,14,16H,4-9,11H2,1H3. The molecular weight excluding hydrogens is 276 g/mol. The van der Waals surface area contributed by atoms with Gasteiger partial charge in [0.1, 0.15) is 30.8 Å². The summed E-state index contributed by atoms with van der Waals surface area (Å²) in [4.78, 5) is 0. The third-order valence-electron chi connectivity index (χ3n) is 3.04. The summed E-state index contributed by atoms with van der Waals surface area (Å²) in [6.45, 7) is 3.52. The summed E-state index contributed by atoms with van der Waals surface area (Å²) in [6.07, 6.45) is -0.532. The summed E-state index contributed by atoms with van der Waals surface area (Å²) in [5.74, 6) is 1.40. The molecule has 2 rings (SSSR count). The van der Waals surface area contributed by atoms with Crippen molar-refractivity contribution in [3.05, 3.63) is 23.8 Å². The summed E-state index contributed by atoms with van der Waals surface area (Å²) in [7, 11) is 1.64. The molecule has 1 unspecified atom stereocenters. The van der Waals surface area contributed by atoms with E-state index < -0.39 is 6.10 Å². The largest absolute Gasteiger partial charge is 0.491 e. The molecule has 21 heavy (non-hydrogen) atoms. The van der Waals surface area contributed by atoms with Gasteiger partial charge in [-0.25, -0.2) is 0 Å². The second kappa shape index (κ2) is 8.84. The monoisotopic (exact) mass is 298 g/mol. The quantitative estimate of drug-likeness (QED) is 0.654. The van der Waals surface area contributed by atoms with Gasteiger partial charge in [0.25, 0.3) is 0 Å². The second-order valence-corrected chi connectivity index (χ2v) is 4.59. The van der Waals surface area contributed by atoms with Crippen LogP contribution >= 0.6 is 0 Å². The van der Waals surface area contributed by atoms with Crippen LogP contribution in [0, 0.1) is 0 Å². The number of methoxy groups -OCH3 is 1. The van der Waals surface area contributed by atoms with Gasteiger partial charge >= 0.3 is 0 Å². The number of hydrogen-bond donors (Lipinski definition) is 1. The first kappa shape index (κ1) is 16.0. The van der Waals surface area contributed by atoms with Gasteiger partial charge in [0, 0.05) is 18.7 Å². The number of benzene rings is 1. The minimum absolute atomic E-state index is 0.310. The Kier molecular flexibility index (Phi) is 6.75. The van der Waals surface area contributed by atoms with Crippen LogP contribution in [-0.4, -0.2) is 58.5 Å². The van der Waals surface area contributed by atoms with Crippen molar-refractivity contribution in [1.29, 1.82) is 0 Å². The lowest BCUT2D eigenvalue weighted by Gasteiger charge is -2.09. The molecule has 1 aliphatic heterocycles. The van der Waals surface area contributed by atoms with Crippen LogP contribution in [0.15, 0.2) is 18.2 Å². The van der Waals surface area contributed by atoms with Crippen molar-refractivity contribution in [2.24, 2.45) is 0 Å². The first-order valence-electron chi connectivity index (χ1n) is 7.03. The molecule has 0 saturated heterocycles. The third kappa shape index (κ3) is 5.17. The zero-order valence-corrected chi connectivity index (χ0v) is 12.2. The zero-order valence-electron chi connectivity index (χ0n) is 12.2. The molecular formula is C15H22O6. The van der Waals surface area contributed by atoms with E-state index in [0.717, 1.165) is 5.56 Å². The van der Waals surface area contributed by atoms with Crippen LogP contribution < -0.4 is 9.47 Å². The summed E-state index contributed by atoms with van der Waals surface area (Å²) in [5.41, 5.74) is 0.812. The fourth-order valence-corrected chi connectivity index (χ4v) is 1.95. The van der Waals surface area contributed by atoms with E-state index in [0.29, 0.717) is 57.7 Å². The summed E-state index contributed by atoms with van der Waals surface area (Å²) >= 11 is 0. The van der Waals surface area contributed by atoms with E-state index in [1.165, 1.54) is 0 Å². The molecule has 0 aromatic heterocycles. The molecule has 0 spiro atoms. The molecule has 1 aromatic carbocycles. The predicted octanol–water partition coefficient (Wildman–Crippen LogP) is 1.17. The van der Waals surface area contributed by atoms with Crippen LogP contribution in [-0.2, 0) is 14.2 Å². The average molecular weight is 298 g/mol. The SMILES string of the molecule is COCCOCCOCCOc1ccc2c(c1)OCC2O. The fourth-order valence-electron chi connectivity index (χ4n) is 1.95. The van der Waals surface area contributed by atoms with Crippen molar-refractivity contribution in [2.45, 2.75) is 6.10 Å². The molecule has 0 fully saturated rings. The van der Waals surface area contributed by atoms with Gasteiger partial charge in [-0.3, -0.25) is 0 Å². The first-order valence-corrected chi connectivity index (χ1v) is 7.03. The lowest BCUT2D eigenvalue weighted by atomic mass is 10.1. The van der Waals surface area contributed by atoms with Gasteiger partial charge in [-0.15, -0.1) is 0 Å². The zero-order chi connectivity index (χ0) is 14.9. The Morgan fingerprint density at radius 3 is 2.57 bits per heavy atom. The summed E-state index contributed by atoms with van der Waals surface area (Å²) < 4.78 is 26.4. The van der Waals surface area contributed by atoms with E-state index >= 15 is 0 Å². The molecule has 0 bridgehead atoms. The molecule has 1 atom stereocenters. The molecule has 0 amide bonds. The average Bonchev–Trinajstić information content (AvgIpc) is 2.86. The minimum atomic E-state index is -0.532. The number of hydrogen-bond acceptors (Lipinski definition) is 6. The van der Waals surface area contributed by atoms with Crippen molar-refractivity contribution in [2.75, 3.05) is 53.4 Å². The van der Waals surface area contributed by atoms with Crippen LogP contribution in [0.25, 0.3) is 0 Å². The van der Waals surface area contributed by atoms with E-state index in [1.807, 2.05) is 12.1 Å². The van der Waals surface area contributed by atoms with Gasteiger partial charge in [0.05, 0.1) is 33.0 Å². The Labute approximate surface area is 124 Å². The fraction of sp³-hybridized carbons (Fsp3) is 0.600. The normalized spacial score (nSPS) is 16.6. The Balaban J connectivity index is 1.55. The summed E-state index contributed by atoms with van der Waals surface area (Å²) in [6, 6.07) is 5.44. The van der Waals surface area contributed by atoms with Gasteiger partial charge < -0.3 is 28.8 Å². The Morgan fingerprint density at radius 1 is 1.10 bits per heavy atom. The van der Waals surface area contributed by atoms with Crippen molar-refractivity contribution in [3.63, 3.8) is 0 Å². The number of aliphatic hydroxyl groups is 1. The highest BCUT2D eigenvalue weighted by molar-refractivity contribution is 5.44. The van der Waals surface area contributed by atoms with E-state index in [4.69, 9.17) is 23.7 Å². The maximum atomic E-state index is 9.62. The smallest absolute Gasteiger partial charge is 0.129 e. The van der Waals surface area contributed by atoms with Crippen LogP contribution in [0.5, 0.6) is 11.5 Å². The summed E-state index contributed by atoms with van der Waals surface area (Å²) in [5, 5.41) is 9.62. The maximum absolute atomic E-state index is 9.62. The lowest BCUT2D eigenvalue weighted by molar-refractivity contribution is 0.0179. The van der Waals surface area contributed by atoms with E-state index in [-0.39, 0.29) is 0 Å². The van der Waals surface area contributed by atoms with E-state index in [1.54, 1.807) is 13.2 Å². The van der Waals surface area contributed by atoms with Crippen LogP contribution in [0.2, 0.25) is 0 Å². The Hall–Kier alpha value is -1.34. The van der Waals surface area contributed by atoms with Gasteiger partial charge in [0.2, 0.25) is 0 Å². The molecule has 1 N–H and O–H groups in total. The molecule has 118 valence electrons. The van der Waals surface area contributed by atoms with Crippen LogP contribution in [0.4, 0.5) is 0 Å². The van der Waals surface area contributed by atoms with Crippen molar-refractivity contribution < 1.29 is 28.8 Å².